The molecule has 0 aromatic heterocycles. The van der Waals surface area contributed by atoms with Crippen LogP contribution < -0.4 is 0 Å². The Kier molecular flexibility index (Phi) is 2.96. The molecule has 1 aromatic rings. The number of carbonyl (C=O) groups is 1. The molecule has 1 atom stereocenters. The third-order valence-electron chi connectivity index (χ3n) is 3.87. The first-order valence-electron chi connectivity index (χ1n) is 5.89. The Balaban J connectivity index is 2.45. The van der Waals surface area contributed by atoms with E-state index in [9.17, 15) is 4.79 Å². The molecule has 0 bridgehead atoms. The van der Waals surface area contributed by atoms with E-state index < -0.39 is 11.6 Å². The second-order valence-electron chi connectivity index (χ2n) is 4.84. The van der Waals surface area contributed by atoms with Crippen molar-refractivity contribution >= 4 is 5.97 Å². The summed E-state index contributed by atoms with van der Waals surface area (Å²) in [5.74, 6) is -0.803. The minimum atomic E-state index is -0.803. The van der Waals surface area contributed by atoms with Crippen molar-refractivity contribution in [2.45, 2.75) is 39.2 Å². The van der Waals surface area contributed by atoms with Gasteiger partial charge >= 0.3 is 5.97 Å². The maximum absolute atomic E-state index is 11.0. The standard InChI is InChI=1S/C14H18O3/c1-9-4-5-12(11(3)10(9)2)14(6-7-17-14)8-13(15)16/h4-5H,6-8H2,1-3H3,(H,15,16). The highest BCUT2D eigenvalue weighted by molar-refractivity contribution is 5.69. The van der Waals surface area contributed by atoms with Crippen molar-refractivity contribution in [2.24, 2.45) is 0 Å². The Morgan fingerprint density at radius 1 is 1.35 bits per heavy atom. The number of hydrogen-bond donors (Lipinski definition) is 1. The lowest BCUT2D eigenvalue weighted by Crippen LogP contribution is -2.43. The zero-order valence-electron chi connectivity index (χ0n) is 10.5. The van der Waals surface area contributed by atoms with Crippen LogP contribution in [-0.2, 0) is 15.1 Å². The van der Waals surface area contributed by atoms with Gasteiger partial charge in [0.1, 0.15) is 5.60 Å². The first kappa shape index (κ1) is 12.1. The molecule has 1 saturated heterocycles. The van der Waals surface area contributed by atoms with Crippen LogP contribution in [0.15, 0.2) is 12.1 Å². The summed E-state index contributed by atoms with van der Waals surface area (Å²) in [6.45, 7) is 6.83. The molecule has 2 rings (SSSR count). The van der Waals surface area contributed by atoms with Gasteiger partial charge in [-0.25, -0.2) is 0 Å². The van der Waals surface area contributed by atoms with Gasteiger partial charge in [0.15, 0.2) is 0 Å². The van der Waals surface area contributed by atoms with Gasteiger partial charge in [0, 0.05) is 6.42 Å². The molecule has 3 heteroatoms. The molecule has 92 valence electrons. The average molecular weight is 234 g/mol. The highest BCUT2D eigenvalue weighted by Gasteiger charge is 2.43. The molecule has 17 heavy (non-hydrogen) atoms. The summed E-state index contributed by atoms with van der Waals surface area (Å²) < 4.78 is 5.61. The molecule has 0 amide bonds. The van der Waals surface area contributed by atoms with Gasteiger partial charge in [-0.2, -0.15) is 0 Å². The quantitative estimate of drug-likeness (QED) is 0.874. The first-order valence-corrected chi connectivity index (χ1v) is 5.89. The van der Waals surface area contributed by atoms with Gasteiger partial charge in [0.05, 0.1) is 13.0 Å². The van der Waals surface area contributed by atoms with E-state index in [4.69, 9.17) is 9.84 Å². The number of aliphatic carboxylic acids is 1. The molecule has 1 aliphatic rings. The monoisotopic (exact) mass is 234 g/mol. The van der Waals surface area contributed by atoms with Gasteiger partial charge in [-0.3, -0.25) is 4.79 Å². The van der Waals surface area contributed by atoms with Gasteiger partial charge in [0.25, 0.3) is 0 Å². The highest BCUT2D eigenvalue weighted by atomic mass is 16.5. The minimum Gasteiger partial charge on any atom is -0.481 e. The fraction of sp³-hybridized carbons (Fsp3) is 0.500. The van der Waals surface area contributed by atoms with E-state index in [-0.39, 0.29) is 6.42 Å². The number of ether oxygens (including phenoxy) is 1. The Labute approximate surface area is 101 Å². The first-order chi connectivity index (χ1) is 7.96. The van der Waals surface area contributed by atoms with Crippen molar-refractivity contribution in [3.8, 4) is 0 Å². The fourth-order valence-electron chi connectivity index (χ4n) is 2.49. The van der Waals surface area contributed by atoms with Crippen molar-refractivity contribution < 1.29 is 14.6 Å². The minimum absolute atomic E-state index is 0.0519. The van der Waals surface area contributed by atoms with E-state index >= 15 is 0 Å². The third kappa shape index (κ3) is 1.95. The van der Waals surface area contributed by atoms with Crippen LogP contribution in [0.2, 0.25) is 0 Å². The van der Waals surface area contributed by atoms with Crippen molar-refractivity contribution in [1.29, 1.82) is 0 Å². The largest absolute Gasteiger partial charge is 0.481 e. The van der Waals surface area contributed by atoms with Crippen LogP contribution in [0.1, 0.15) is 35.1 Å². The van der Waals surface area contributed by atoms with E-state index in [2.05, 4.69) is 13.8 Å². The summed E-state index contributed by atoms with van der Waals surface area (Å²) in [4.78, 5) is 11.0. The molecular formula is C14H18O3. The summed E-state index contributed by atoms with van der Waals surface area (Å²) in [6.07, 6.45) is 0.846. The molecule has 0 spiro atoms. The molecule has 0 radical (unpaired) electrons. The van der Waals surface area contributed by atoms with Crippen LogP contribution in [0.3, 0.4) is 0 Å². The molecular weight excluding hydrogens is 216 g/mol. The molecule has 0 aliphatic carbocycles. The smallest absolute Gasteiger partial charge is 0.306 e. The van der Waals surface area contributed by atoms with Gasteiger partial charge in [-0.15, -0.1) is 0 Å². The Hall–Kier alpha value is -1.35. The lowest BCUT2D eigenvalue weighted by molar-refractivity contribution is -0.176. The van der Waals surface area contributed by atoms with Crippen LogP contribution in [0.5, 0.6) is 0 Å². The average Bonchev–Trinajstić information content (AvgIpc) is 2.21. The second kappa shape index (κ2) is 4.15. The summed E-state index contributed by atoms with van der Waals surface area (Å²) in [5, 5.41) is 9.01. The van der Waals surface area contributed by atoms with Gasteiger partial charge < -0.3 is 9.84 Å². The van der Waals surface area contributed by atoms with E-state index in [1.165, 1.54) is 11.1 Å². The molecule has 1 unspecified atom stereocenters. The van der Waals surface area contributed by atoms with Crippen LogP contribution in [0.4, 0.5) is 0 Å². The molecule has 3 nitrogen and oxygen atoms in total. The molecule has 1 fully saturated rings. The predicted molar refractivity (Wildman–Crippen MR) is 65.2 cm³/mol. The number of hydrogen-bond acceptors (Lipinski definition) is 2. The number of carboxylic acid groups (broad SMARTS) is 1. The highest BCUT2D eigenvalue weighted by Crippen LogP contribution is 2.42. The second-order valence-corrected chi connectivity index (χ2v) is 4.84. The Bertz CT molecular complexity index is 459. The zero-order valence-corrected chi connectivity index (χ0v) is 10.5. The maximum atomic E-state index is 11.0. The molecule has 1 N–H and O–H groups in total. The van der Waals surface area contributed by atoms with Gasteiger partial charge in [-0.05, 0) is 43.0 Å². The van der Waals surface area contributed by atoms with Crippen LogP contribution in [0.25, 0.3) is 0 Å². The van der Waals surface area contributed by atoms with Crippen LogP contribution in [0, 0.1) is 20.8 Å². The molecule has 1 aliphatic heterocycles. The number of rotatable bonds is 3. The SMILES string of the molecule is Cc1ccc(C2(CC(=O)O)CCO2)c(C)c1C. The van der Waals surface area contributed by atoms with Crippen molar-refractivity contribution in [1.82, 2.24) is 0 Å². The summed E-state index contributed by atoms with van der Waals surface area (Å²) >= 11 is 0. The zero-order chi connectivity index (χ0) is 12.6. The summed E-state index contributed by atoms with van der Waals surface area (Å²) in [6, 6.07) is 4.06. The molecule has 0 saturated carbocycles. The van der Waals surface area contributed by atoms with E-state index in [0.29, 0.717) is 6.61 Å². The Morgan fingerprint density at radius 3 is 2.47 bits per heavy atom. The van der Waals surface area contributed by atoms with E-state index in [1.807, 2.05) is 19.1 Å². The number of carboxylic acids is 1. The fourth-order valence-corrected chi connectivity index (χ4v) is 2.49. The molecule has 1 aromatic carbocycles. The van der Waals surface area contributed by atoms with E-state index in [0.717, 1.165) is 17.5 Å². The van der Waals surface area contributed by atoms with Crippen molar-refractivity contribution in [3.63, 3.8) is 0 Å². The topological polar surface area (TPSA) is 46.5 Å². The van der Waals surface area contributed by atoms with Crippen LogP contribution >= 0.6 is 0 Å². The van der Waals surface area contributed by atoms with Crippen molar-refractivity contribution in [2.75, 3.05) is 6.61 Å². The maximum Gasteiger partial charge on any atom is 0.306 e. The molecule has 1 heterocycles. The number of aryl methyl sites for hydroxylation is 1. The number of benzene rings is 1. The van der Waals surface area contributed by atoms with Gasteiger partial charge in [0.2, 0.25) is 0 Å². The van der Waals surface area contributed by atoms with Crippen LogP contribution in [-0.4, -0.2) is 17.7 Å². The third-order valence-corrected chi connectivity index (χ3v) is 3.87. The lowest BCUT2D eigenvalue weighted by Gasteiger charge is -2.42. The summed E-state index contributed by atoms with van der Waals surface area (Å²) in [7, 11) is 0. The summed E-state index contributed by atoms with van der Waals surface area (Å²) in [5.41, 5.74) is 4.06. The van der Waals surface area contributed by atoms with Gasteiger partial charge in [-0.1, -0.05) is 12.1 Å². The lowest BCUT2D eigenvalue weighted by atomic mass is 9.79. The van der Waals surface area contributed by atoms with E-state index in [1.54, 1.807) is 0 Å². The predicted octanol–water partition coefficient (Wildman–Crippen LogP) is 2.70. The Morgan fingerprint density at radius 2 is 2.00 bits per heavy atom. The normalized spacial score (nSPS) is 23.2. The van der Waals surface area contributed by atoms with Crippen molar-refractivity contribution in [3.05, 3.63) is 34.4 Å².